The molecule has 3 aromatic rings. The highest BCUT2D eigenvalue weighted by molar-refractivity contribution is 5.96. The van der Waals surface area contributed by atoms with Gasteiger partial charge < -0.3 is 15.2 Å². The molecule has 0 fully saturated rings. The maximum atomic E-state index is 12.5. The van der Waals surface area contributed by atoms with Gasteiger partial charge in [0.1, 0.15) is 0 Å². The number of fused-ring (bicyclic) bond motifs is 1. The summed E-state index contributed by atoms with van der Waals surface area (Å²) in [5.74, 6) is -0.0948. The molecule has 5 nitrogen and oxygen atoms in total. The number of aromatic amines is 1. The van der Waals surface area contributed by atoms with Crippen molar-refractivity contribution in [3.8, 4) is 0 Å². The molecule has 2 aromatic carbocycles. The summed E-state index contributed by atoms with van der Waals surface area (Å²) in [4.78, 5) is 28.7. The van der Waals surface area contributed by atoms with Gasteiger partial charge in [-0.15, -0.1) is 0 Å². The van der Waals surface area contributed by atoms with E-state index in [9.17, 15) is 9.59 Å². The molecule has 3 rings (SSSR count). The highest BCUT2D eigenvalue weighted by Gasteiger charge is 2.12. The Morgan fingerprint density at radius 1 is 1.04 bits per heavy atom. The Kier molecular flexibility index (Phi) is 4.84. The van der Waals surface area contributed by atoms with Crippen molar-refractivity contribution in [1.82, 2.24) is 9.88 Å². The molecule has 0 atom stereocenters. The fourth-order valence-electron chi connectivity index (χ4n) is 2.79. The molecule has 1 aromatic heterocycles. The van der Waals surface area contributed by atoms with Crippen LogP contribution in [-0.4, -0.2) is 28.7 Å². The summed E-state index contributed by atoms with van der Waals surface area (Å²) in [7, 11) is 1.74. The van der Waals surface area contributed by atoms with Crippen LogP contribution in [0.2, 0.25) is 0 Å². The number of carbonyl (C=O) groups excluding carboxylic acids is 2. The Morgan fingerprint density at radius 3 is 2.56 bits per heavy atom. The highest BCUT2D eigenvalue weighted by atomic mass is 16.2. The number of benzene rings is 2. The van der Waals surface area contributed by atoms with Crippen LogP contribution < -0.4 is 5.32 Å². The molecule has 25 heavy (non-hydrogen) atoms. The monoisotopic (exact) mass is 335 g/mol. The van der Waals surface area contributed by atoms with Gasteiger partial charge in [-0.1, -0.05) is 36.4 Å². The number of hydrogen-bond acceptors (Lipinski definition) is 2. The molecule has 0 unspecified atom stereocenters. The second-order valence-electron chi connectivity index (χ2n) is 6.12. The average Bonchev–Trinajstić information content (AvgIpc) is 2.99. The maximum absolute atomic E-state index is 12.5. The van der Waals surface area contributed by atoms with Crippen LogP contribution >= 0.6 is 0 Å². The molecule has 0 aliphatic heterocycles. The zero-order valence-electron chi connectivity index (χ0n) is 14.4. The van der Waals surface area contributed by atoms with Gasteiger partial charge in [0.2, 0.25) is 11.8 Å². The van der Waals surface area contributed by atoms with Crippen molar-refractivity contribution in [1.29, 1.82) is 0 Å². The Hall–Kier alpha value is -3.08. The van der Waals surface area contributed by atoms with Crippen molar-refractivity contribution < 1.29 is 9.59 Å². The van der Waals surface area contributed by atoms with E-state index in [1.54, 1.807) is 11.9 Å². The first-order valence-electron chi connectivity index (χ1n) is 8.19. The van der Waals surface area contributed by atoms with Crippen LogP contribution in [0.15, 0.2) is 54.7 Å². The van der Waals surface area contributed by atoms with E-state index in [-0.39, 0.29) is 11.8 Å². The quantitative estimate of drug-likeness (QED) is 0.751. The molecular formula is C20H21N3O2. The third-order valence-corrected chi connectivity index (χ3v) is 4.26. The van der Waals surface area contributed by atoms with Crippen LogP contribution in [0.25, 0.3) is 10.9 Å². The predicted octanol–water partition coefficient (Wildman–Crippen LogP) is 3.33. The van der Waals surface area contributed by atoms with Crippen molar-refractivity contribution in [2.75, 3.05) is 12.4 Å². The van der Waals surface area contributed by atoms with Gasteiger partial charge in [-0.2, -0.15) is 0 Å². The average molecular weight is 335 g/mol. The Balaban J connectivity index is 1.74. The van der Waals surface area contributed by atoms with Crippen LogP contribution in [-0.2, 0) is 22.6 Å². The molecule has 0 spiro atoms. The van der Waals surface area contributed by atoms with Gasteiger partial charge in [0.05, 0.1) is 6.42 Å². The maximum Gasteiger partial charge on any atom is 0.228 e. The largest absolute Gasteiger partial charge is 0.361 e. The minimum Gasteiger partial charge on any atom is -0.361 e. The molecule has 0 bridgehead atoms. The standard InChI is InChI=1S/C20H21N3O2/c1-14(24)23(2)13-15-7-3-5-9-18(15)22-20(25)11-16-12-21-19-10-6-4-8-17(16)19/h3-10,12,21H,11,13H2,1-2H3,(H,22,25). The van der Waals surface area contributed by atoms with Crippen molar-refractivity contribution in [3.63, 3.8) is 0 Å². The summed E-state index contributed by atoms with van der Waals surface area (Å²) in [5, 5.41) is 4.02. The molecular weight excluding hydrogens is 314 g/mol. The zero-order chi connectivity index (χ0) is 17.8. The van der Waals surface area contributed by atoms with Crippen molar-refractivity contribution in [3.05, 3.63) is 65.9 Å². The van der Waals surface area contributed by atoms with E-state index in [1.807, 2.05) is 54.7 Å². The van der Waals surface area contributed by atoms with Gasteiger partial charge in [0.15, 0.2) is 0 Å². The van der Waals surface area contributed by atoms with Gasteiger partial charge in [0, 0.05) is 43.3 Å². The van der Waals surface area contributed by atoms with Crippen molar-refractivity contribution >= 4 is 28.4 Å². The van der Waals surface area contributed by atoms with E-state index in [2.05, 4.69) is 10.3 Å². The number of hydrogen-bond donors (Lipinski definition) is 2. The molecule has 5 heteroatoms. The Bertz CT molecular complexity index is 914. The molecule has 0 radical (unpaired) electrons. The van der Waals surface area contributed by atoms with Crippen LogP contribution in [0.4, 0.5) is 5.69 Å². The summed E-state index contributed by atoms with van der Waals surface area (Å²) >= 11 is 0. The third-order valence-electron chi connectivity index (χ3n) is 4.26. The summed E-state index contributed by atoms with van der Waals surface area (Å²) in [6.07, 6.45) is 2.17. The lowest BCUT2D eigenvalue weighted by molar-refractivity contribution is -0.128. The van der Waals surface area contributed by atoms with Gasteiger partial charge in [0.25, 0.3) is 0 Å². The number of para-hydroxylation sites is 2. The molecule has 1 heterocycles. The minimum absolute atomic E-state index is 0.0140. The molecule has 2 N–H and O–H groups in total. The number of nitrogens with one attached hydrogen (secondary N) is 2. The fourth-order valence-corrected chi connectivity index (χ4v) is 2.79. The number of nitrogens with zero attached hydrogens (tertiary/aromatic N) is 1. The number of aromatic nitrogens is 1. The Labute approximate surface area is 146 Å². The molecule has 0 saturated carbocycles. The van der Waals surface area contributed by atoms with Crippen LogP contribution in [0.1, 0.15) is 18.1 Å². The van der Waals surface area contributed by atoms with Crippen molar-refractivity contribution in [2.45, 2.75) is 19.9 Å². The predicted molar refractivity (Wildman–Crippen MR) is 99.2 cm³/mol. The fraction of sp³-hybridized carbons (Fsp3) is 0.200. The second-order valence-corrected chi connectivity index (χ2v) is 6.12. The first kappa shape index (κ1) is 16.8. The van der Waals surface area contributed by atoms with Gasteiger partial charge in [-0.25, -0.2) is 0 Å². The van der Waals surface area contributed by atoms with E-state index >= 15 is 0 Å². The summed E-state index contributed by atoms with van der Waals surface area (Å²) in [6.45, 7) is 1.98. The SMILES string of the molecule is CC(=O)N(C)Cc1ccccc1NC(=O)Cc1c[nH]c2ccccc12. The van der Waals surface area contributed by atoms with E-state index in [4.69, 9.17) is 0 Å². The number of carbonyl (C=O) groups is 2. The van der Waals surface area contributed by atoms with E-state index in [0.29, 0.717) is 13.0 Å². The molecule has 2 amide bonds. The second kappa shape index (κ2) is 7.21. The van der Waals surface area contributed by atoms with E-state index in [0.717, 1.165) is 27.7 Å². The highest BCUT2D eigenvalue weighted by Crippen LogP contribution is 2.20. The number of amides is 2. The topological polar surface area (TPSA) is 65.2 Å². The minimum atomic E-state index is -0.0809. The van der Waals surface area contributed by atoms with Gasteiger partial charge >= 0.3 is 0 Å². The molecule has 0 aliphatic rings. The zero-order valence-corrected chi connectivity index (χ0v) is 14.4. The lowest BCUT2D eigenvalue weighted by Crippen LogP contribution is -2.24. The van der Waals surface area contributed by atoms with E-state index in [1.165, 1.54) is 6.92 Å². The smallest absolute Gasteiger partial charge is 0.228 e. The molecule has 0 saturated heterocycles. The van der Waals surface area contributed by atoms with Gasteiger partial charge in [-0.05, 0) is 23.3 Å². The van der Waals surface area contributed by atoms with Crippen molar-refractivity contribution in [2.24, 2.45) is 0 Å². The number of rotatable bonds is 5. The summed E-state index contributed by atoms with van der Waals surface area (Å²) < 4.78 is 0. The van der Waals surface area contributed by atoms with Gasteiger partial charge in [-0.3, -0.25) is 9.59 Å². The summed E-state index contributed by atoms with van der Waals surface area (Å²) in [6, 6.07) is 15.5. The van der Waals surface area contributed by atoms with Crippen LogP contribution in [0, 0.1) is 0 Å². The first-order valence-corrected chi connectivity index (χ1v) is 8.19. The Morgan fingerprint density at radius 2 is 1.76 bits per heavy atom. The number of anilines is 1. The summed E-state index contributed by atoms with van der Waals surface area (Å²) in [5.41, 5.74) is 3.63. The normalized spacial score (nSPS) is 10.6. The lowest BCUT2D eigenvalue weighted by Gasteiger charge is -2.17. The van der Waals surface area contributed by atoms with E-state index < -0.39 is 0 Å². The first-order chi connectivity index (χ1) is 12.0. The third kappa shape index (κ3) is 3.88. The molecule has 128 valence electrons. The number of H-pyrrole nitrogens is 1. The van der Waals surface area contributed by atoms with Crippen LogP contribution in [0.3, 0.4) is 0 Å². The lowest BCUT2D eigenvalue weighted by atomic mass is 10.1. The molecule has 0 aliphatic carbocycles. The van der Waals surface area contributed by atoms with Crippen LogP contribution in [0.5, 0.6) is 0 Å².